The number of pyridine rings is 1. The molecule has 3 aromatic rings. The van der Waals surface area contributed by atoms with E-state index in [4.69, 9.17) is 9.47 Å². The zero-order valence-corrected chi connectivity index (χ0v) is 18.6. The molecule has 4 rings (SSSR count). The highest BCUT2D eigenvalue weighted by molar-refractivity contribution is 7.20. The lowest BCUT2D eigenvalue weighted by Crippen LogP contribution is -2.26. The Bertz CT molecular complexity index is 1050. The number of nitrogens with one attached hydrogen (secondary N) is 2. The standard InChI is InChI=1S/C22H27N5O3S/c1-3-4-9-23-20(28)18-14(2)17-19(25-13-26-22(17)31-18)27-16-6-5-10-24-21(16)30-15-7-11-29-12-8-15/h5-6,10,13,15H,3-4,7-9,11-12H2,1-2H3,(H,23,28)(H,25,26,27). The maximum Gasteiger partial charge on any atom is 0.261 e. The first-order valence-electron chi connectivity index (χ1n) is 10.7. The molecule has 0 aromatic carbocycles. The van der Waals surface area contributed by atoms with Gasteiger partial charge in [-0.2, -0.15) is 0 Å². The maximum atomic E-state index is 12.6. The molecule has 31 heavy (non-hydrogen) atoms. The Hall–Kier alpha value is -2.78. The number of rotatable bonds is 8. The van der Waals surface area contributed by atoms with Crippen molar-refractivity contribution in [3.8, 4) is 5.88 Å². The van der Waals surface area contributed by atoms with Crippen molar-refractivity contribution in [2.75, 3.05) is 25.1 Å². The molecular formula is C22H27N5O3S. The van der Waals surface area contributed by atoms with Crippen LogP contribution in [0.4, 0.5) is 11.5 Å². The molecule has 0 unspecified atom stereocenters. The highest BCUT2D eigenvalue weighted by Crippen LogP contribution is 2.36. The second kappa shape index (κ2) is 10.0. The van der Waals surface area contributed by atoms with E-state index >= 15 is 0 Å². The molecule has 8 nitrogen and oxygen atoms in total. The summed E-state index contributed by atoms with van der Waals surface area (Å²) >= 11 is 1.38. The van der Waals surface area contributed by atoms with Crippen molar-refractivity contribution in [2.45, 2.75) is 45.6 Å². The van der Waals surface area contributed by atoms with Crippen molar-refractivity contribution in [3.63, 3.8) is 0 Å². The summed E-state index contributed by atoms with van der Waals surface area (Å²) in [5.41, 5.74) is 1.60. The lowest BCUT2D eigenvalue weighted by atomic mass is 10.1. The monoisotopic (exact) mass is 441 g/mol. The number of unbranched alkanes of at least 4 members (excludes halogenated alkanes) is 1. The minimum atomic E-state index is -0.0650. The molecule has 3 aromatic heterocycles. The number of fused-ring (bicyclic) bond motifs is 1. The topological polar surface area (TPSA) is 98.3 Å². The Balaban J connectivity index is 1.60. The van der Waals surface area contributed by atoms with Crippen molar-refractivity contribution in [3.05, 3.63) is 35.1 Å². The Morgan fingerprint density at radius 1 is 1.29 bits per heavy atom. The molecular weight excluding hydrogens is 414 g/mol. The first-order valence-corrected chi connectivity index (χ1v) is 11.5. The minimum Gasteiger partial charge on any atom is -0.473 e. The molecule has 4 heterocycles. The van der Waals surface area contributed by atoms with Gasteiger partial charge in [0.1, 0.15) is 28.8 Å². The first-order chi connectivity index (χ1) is 15.2. The number of ether oxygens (including phenoxy) is 2. The van der Waals surface area contributed by atoms with Gasteiger partial charge in [0.05, 0.1) is 23.5 Å². The van der Waals surface area contributed by atoms with E-state index in [1.165, 1.54) is 17.7 Å². The summed E-state index contributed by atoms with van der Waals surface area (Å²) in [5.74, 6) is 1.10. The number of hydrogen-bond acceptors (Lipinski definition) is 8. The van der Waals surface area contributed by atoms with Crippen LogP contribution >= 0.6 is 11.3 Å². The lowest BCUT2D eigenvalue weighted by molar-refractivity contribution is 0.0240. The third-order valence-corrected chi connectivity index (χ3v) is 6.42. The van der Waals surface area contributed by atoms with Gasteiger partial charge in [-0.25, -0.2) is 15.0 Å². The molecule has 1 aliphatic rings. The Kier molecular flexibility index (Phi) is 6.93. The molecule has 9 heteroatoms. The van der Waals surface area contributed by atoms with Crippen LogP contribution in [-0.2, 0) is 4.74 Å². The van der Waals surface area contributed by atoms with Crippen molar-refractivity contribution in [1.82, 2.24) is 20.3 Å². The van der Waals surface area contributed by atoms with E-state index in [2.05, 4.69) is 32.5 Å². The van der Waals surface area contributed by atoms with Gasteiger partial charge in [-0.1, -0.05) is 13.3 Å². The van der Waals surface area contributed by atoms with Gasteiger partial charge >= 0.3 is 0 Å². The number of anilines is 2. The smallest absolute Gasteiger partial charge is 0.261 e. The van der Waals surface area contributed by atoms with Crippen LogP contribution < -0.4 is 15.4 Å². The van der Waals surface area contributed by atoms with E-state index in [0.717, 1.165) is 47.2 Å². The van der Waals surface area contributed by atoms with Crippen molar-refractivity contribution >= 4 is 39.0 Å². The van der Waals surface area contributed by atoms with E-state index in [0.29, 0.717) is 36.3 Å². The summed E-state index contributed by atoms with van der Waals surface area (Å²) in [7, 11) is 0. The van der Waals surface area contributed by atoms with Crippen molar-refractivity contribution < 1.29 is 14.3 Å². The third kappa shape index (κ3) is 4.94. The van der Waals surface area contributed by atoms with Crippen LogP contribution in [0, 0.1) is 6.92 Å². The lowest BCUT2D eigenvalue weighted by Gasteiger charge is -2.23. The molecule has 0 spiro atoms. The average Bonchev–Trinajstić information content (AvgIpc) is 3.13. The summed E-state index contributed by atoms with van der Waals surface area (Å²) in [6, 6.07) is 3.76. The normalized spacial score (nSPS) is 14.5. The molecule has 2 N–H and O–H groups in total. The van der Waals surface area contributed by atoms with Crippen molar-refractivity contribution in [2.24, 2.45) is 0 Å². The highest BCUT2D eigenvalue weighted by atomic mass is 32.1. The first kappa shape index (κ1) is 21.5. The van der Waals surface area contributed by atoms with E-state index < -0.39 is 0 Å². The number of carbonyl (C=O) groups is 1. The highest BCUT2D eigenvalue weighted by Gasteiger charge is 2.21. The van der Waals surface area contributed by atoms with E-state index in [-0.39, 0.29) is 12.0 Å². The average molecular weight is 442 g/mol. The predicted molar refractivity (Wildman–Crippen MR) is 121 cm³/mol. The molecule has 0 aliphatic carbocycles. The summed E-state index contributed by atoms with van der Waals surface area (Å²) in [5, 5.41) is 7.19. The summed E-state index contributed by atoms with van der Waals surface area (Å²) in [6.07, 6.45) is 6.98. The van der Waals surface area contributed by atoms with Crippen LogP contribution in [0.3, 0.4) is 0 Å². The Morgan fingerprint density at radius 2 is 2.13 bits per heavy atom. The fourth-order valence-electron chi connectivity index (χ4n) is 3.50. The summed E-state index contributed by atoms with van der Waals surface area (Å²) < 4.78 is 11.6. The van der Waals surface area contributed by atoms with E-state index in [9.17, 15) is 4.79 Å². The SMILES string of the molecule is CCCCNC(=O)c1sc2ncnc(Nc3cccnc3OC3CCOCC3)c2c1C. The van der Waals surface area contributed by atoms with Crippen molar-refractivity contribution in [1.29, 1.82) is 0 Å². The van der Waals surface area contributed by atoms with Crippen LogP contribution in [0.2, 0.25) is 0 Å². The fourth-order valence-corrected chi connectivity index (χ4v) is 4.57. The van der Waals surface area contributed by atoms with Gasteiger partial charge in [0.15, 0.2) is 0 Å². The second-order valence-electron chi connectivity index (χ2n) is 7.48. The Labute approximate surface area is 185 Å². The van der Waals surface area contributed by atoms with Gasteiger partial charge in [-0.3, -0.25) is 4.79 Å². The molecule has 0 saturated carbocycles. The molecule has 164 valence electrons. The minimum absolute atomic E-state index is 0.0650. The number of aryl methyl sites for hydroxylation is 1. The quantitative estimate of drug-likeness (QED) is 0.505. The second-order valence-corrected chi connectivity index (χ2v) is 8.48. The van der Waals surface area contributed by atoms with Crippen LogP contribution in [-0.4, -0.2) is 46.7 Å². The number of nitrogens with zero attached hydrogens (tertiary/aromatic N) is 3. The van der Waals surface area contributed by atoms with E-state index in [1.807, 2.05) is 19.1 Å². The zero-order chi connectivity index (χ0) is 21.6. The molecule has 1 aliphatic heterocycles. The summed E-state index contributed by atoms with van der Waals surface area (Å²) in [6.45, 7) is 6.10. The van der Waals surface area contributed by atoms with Gasteiger partial charge in [-0.05, 0) is 31.0 Å². The van der Waals surface area contributed by atoms with Gasteiger partial charge in [0, 0.05) is 25.6 Å². The van der Waals surface area contributed by atoms with Crippen LogP contribution in [0.1, 0.15) is 47.8 Å². The largest absolute Gasteiger partial charge is 0.473 e. The third-order valence-electron chi connectivity index (χ3n) is 5.22. The van der Waals surface area contributed by atoms with Gasteiger partial charge in [0.2, 0.25) is 5.88 Å². The number of thiophene rings is 1. The molecule has 0 bridgehead atoms. The van der Waals surface area contributed by atoms with Crippen LogP contribution in [0.15, 0.2) is 24.7 Å². The number of aromatic nitrogens is 3. The molecule has 1 saturated heterocycles. The van der Waals surface area contributed by atoms with Gasteiger partial charge in [-0.15, -0.1) is 11.3 Å². The zero-order valence-electron chi connectivity index (χ0n) is 17.8. The van der Waals surface area contributed by atoms with Crippen LogP contribution in [0.5, 0.6) is 5.88 Å². The molecule has 0 radical (unpaired) electrons. The maximum absolute atomic E-state index is 12.6. The number of amides is 1. The fraction of sp³-hybridized carbons (Fsp3) is 0.455. The van der Waals surface area contributed by atoms with Gasteiger partial charge < -0.3 is 20.1 Å². The molecule has 0 atom stereocenters. The molecule has 1 amide bonds. The molecule has 1 fully saturated rings. The number of carbonyl (C=O) groups excluding carboxylic acids is 1. The van der Waals surface area contributed by atoms with Crippen LogP contribution in [0.25, 0.3) is 10.2 Å². The van der Waals surface area contributed by atoms with E-state index in [1.54, 1.807) is 6.20 Å². The van der Waals surface area contributed by atoms with Gasteiger partial charge in [0.25, 0.3) is 5.91 Å². The summed E-state index contributed by atoms with van der Waals surface area (Å²) in [4.78, 5) is 27.3. The Morgan fingerprint density at radius 3 is 2.94 bits per heavy atom. The predicted octanol–water partition coefficient (Wildman–Crippen LogP) is 4.23. The number of hydrogen-bond donors (Lipinski definition) is 2.